The van der Waals surface area contributed by atoms with Gasteiger partial charge in [0.15, 0.2) is 0 Å². The minimum atomic E-state index is -0.115. The van der Waals surface area contributed by atoms with Crippen LogP contribution in [0, 0.1) is 17.8 Å². The van der Waals surface area contributed by atoms with Crippen molar-refractivity contribution in [2.45, 2.75) is 33.7 Å². The molecule has 0 aromatic carbocycles. The number of hydrogen-bond donors (Lipinski definition) is 0. The molecule has 1 fully saturated rings. The highest BCUT2D eigenvalue weighted by Crippen LogP contribution is 2.48. The van der Waals surface area contributed by atoms with Gasteiger partial charge in [-0.05, 0) is 31.6 Å². The van der Waals surface area contributed by atoms with E-state index in [4.69, 9.17) is 0 Å². The maximum atomic E-state index is 12.6. The average Bonchev–Trinajstić information content (AvgIpc) is 2.57. The molecule has 13 heavy (non-hydrogen) atoms. The van der Waals surface area contributed by atoms with Gasteiger partial charge in [-0.2, -0.15) is 0 Å². The molecule has 0 radical (unpaired) electrons. The maximum absolute atomic E-state index is 12.6. The molecule has 76 valence electrons. The van der Waals surface area contributed by atoms with Crippen LogP contribution in [0.4, 0.5) is 4.39 Å². The second-order valence-corrected chi connectivity index (χ2v) is 4.42. The highest BCUT2D eigenvalue weighted by Gasteiger charge is 2.46. The third-order valence-corrected chi connectivity index (χ3v) is 3.48. The lowest BCUT2D eigenvalue weighted by Gasteiger charge is -2.23. The minimum Gasteiger partial charge on any atom is -0.375 e. The van der Waals surface area contributed by atoms with Gasteiger partial charge in [0.1, 0.15) is 5.83 Å². The van der Waals surface area contributed by atoms with Crippen molar-refractivity contribution in [3.8, 4) is 0 Å². The molecule has 1 rings (SSSR count). The molecule has 0 amide bonds. The maximum Gasteiger partial charge on any atom is 0.113 e. The third-order valence-electron chi connectivity index (χ3n) is 3.48. The van der Waals surface area contributed by atoms with E-state index in [0.29, 0.717) is 6.04 Å². The van der Waals surface area contributed by atoms with E-state index in [-0.39, 0.29) is 5.83 Å². The van der Waals surface area contributed by atoms with E-state index in [0.717, 1.165) is 17.8 Å². The van der Waals surface area contributed by atoms with Crippen LogP contribution in [0.5, 0.6) is 0 Å². The predicted molar refractivity (Wildman–Crippen MR) is 53.9 cm³/mol. The Hall–Kier alpha value is -0.530. The van der Waals surface area contributed by atoms with Gasteiger partial charge in [-0.15, -0.1) is 0 Å². The molecule has 1 aliphatic rings. The number of allylic oxidation sites excluding steroid dienone is 1. The molecule has 0 aromatic rings. The van der Waals surface area contributed by atoms with Crippen LogP contribution >= 0.6 is 0 Å². The van der Waals surface area contributed by atoms with Gasteiger partial charge in [-0.25, -0.2) is 4.39 Å². The molecule has 0 saturated heterocycles. The summed E-state index contributed by atoms with van der Waals surface area (Å²) in [5.74, 6) is 2.22. The van der Waals surface area contributed by atoms with E-state index in [1.807, 2.05) is 11.9 Å². The zero-order valence-electron chi connectivity index (χ0n) is 9.21. The van der Waals surface area contributed by atoms with Gasteiger partial charge < -0.3 is 4.90 Å². The molecule has 0 bridgehead atoms. The van der Waals surface area contributed by atoms with Crippen LogP contribution in [0.2, 0.25) is 0 Å². The van der Waals surface area contributed by atoms with Crippen molar-refractivity contribution in [1.29, 1.82) is 0 Å². The SMILES string of the molecule is C/C(F)=C\N(C)C(C)C1C(C)C1C. The van der Waals surface area contributed by atoms with Gasteiger partial charge in [-0.3, -0.25) is 0 Å². The van der Waals surface area contributed by atoms with Gasteiger partial charge in [-0.1, -0.05) is 13.8 Å². The lowest BCUT2D eigenvalue weighted by molar-refractivity contribution is 0.296. The zero-order chi connectivity index (χ0) is 10.2. The Morgan fingerprint density at radius 3 is 2.15 bits per heavy atom. The molecule has 2 heteroatoms. The van der Waals surface area contributed by atoms with Crippen LogP contribution in [0.3, 0.4) is 0 Å². The number of nitrogens with zero attached hydrogens (tertiary/aromatic N) is 1. The van der Waals surface area contributed by atoms with Crippen molar-refractivity contribution in [2.24, 2.45) is 17.8 Å². The Morgan fingerprint density at radius 2 is 1.85 bits per heavy atom. The first-order chi connectivity index (χ1) is 5.95. The van der Waals surface area contributed by atoms with Crippen molar-refractivity contribution in [2.75, 3.05) is 7.05 Å². The Kier molecular flexibility index (Phi) is 2.99. The van der Waals surface area contributed by atoms with Gasteiger partial charge in [0.05, 0.1) is 0 Å². The number of hydrogen-bond acceptors (Lipinski definition) is 1. The van der Waals surface area contributed by atoms with Crippen LogP contribution in [-0.2, 0) is 0 Å². The largest absolute Gasteiger partial charge is 0.375 e. The molecule has 3 atom stereocenters. The monoisotopic (exact) mass is 185 g/mol. The summed E-state index contributed by atoms with van der Waals surface area (Å²) >= 11 is 0. The fraction of sp³-hybridized carbons (Fsp3) is 0.818. The van der Waals surface area contributed by atoms with E-state index in [9.17, 15) is 4.39 Å². The second-order valence-electron chi connectivity index (χ2n) is 4.42. The molecule has 1 saturated carbocycles. The van der Waals surface area contributed by atoms with E-state index >= 15 is 0 Å². The van der Waals surface area contributed by atoms with Crippen LogP contribution in [0.25, 0.3) is 0 Å². The van der Waals surface area contributed by atoms with Crippen LogP contribution in [0.1, 0.15) is 27.7 Å². The Morgan fingerprint density at radius 1 is 1.38 bits per heavy atom. The van der Waals surface area contributed by atoms with Gasteiger partial charge in [0, 0.05) is 19.3 Å². The van der Waals surface area contributed by atoms with E-state index in [1.54, 1.807) is 6.20 Å². The molecule has 0 spiro atoms. The highest BCUT2D eigenvalue weighted by molar-refractivity contribution is 5.00. The van der Waals surface area contributed by atoms with Crippen molar-refractivity contribution in [3.63, 3.8) is 0 Å². The highest BCUT2D eigenvalue weighted by atomic mass is 19.1. The first-order valence-electron chi connectivity index (χ1n) is 5.01. The van der Waals surface area contributed by atoms with Crippen molar-refractivity contribution in [3.05, 3.63) is 12.0 Å². The third kappa shape index (κ3) is 2.23. The fourth-order valence-electron chi connectivity index (χ4n) is 2.25. The molecular weight excluding hydrogens is 165 g/mol. The molecule has 1 nitrogen and oxygen atoms in total. The summed E-state index contributed by atoms with van der Waals surface area (Å²) in [5, 5.41) is 0. The molecular formula is C11H20FN. The quantitative estimate of drug-likeness (QED) is 0.653. The molecule has 0 aliphatic heterocycles. The Labute approximate surface area is 80.6 Å². The van der Waals surface area contributed by atoms with Crippen molar-refractivity contribution in [1.82, 2.24) is 4.90 Å². The smallest absolute Gasteiger partial charge is 0.113 e. The summed E-state index contributed by atoms with van der Waals surface area (Å²) in [7, 11) is 1.95. The fourth-order valence-corrected chi connectivity index (χ4v) is 2.25. The Balaban J connectivity index is 2.49. The summed E-state index contributed by atoms with van der Waals surface area (Å²) < 4.78 is 12.6. The van der Waals surface area contributed by atoms with Crippen LogP contribution in [0.15, 0.2) is 12.0 Å². The lowest BCUT2D eigenvalue weighted by atomic mass is 10.1. The zero-order valence-corrected chi connectivity index (χ0v) is 9.21. The average molecular weight is 185 g/mol. The molecule has 0 N–H and O–H groups in total. The normalized spacial score (nSPS) is 35.8. The summed E-state index contributed by atoms with van der Waals surface area (Å²) in [5.41, 5.74) is 0. The molecule has 0 aromatic heterocycles. The summed E-state index contributed by atoms with van der Waals surface area (Å²) in [6.07, 6.45) is 1.59. The van der Waals surface area contributed by atoms with E-state index in [2.05, 4.69) is 20.8 Å². The van der Waals surface area contributed by atoms with Crippen molar-refractivity contribution >= 4 is 0 Å². The molecule has 1 aliphatic carbocycles. The molecule has 3 unspecified atom stereocenters. The number of halogens is 1. The second kappa shape index (κ2) is 3.69. The lowest BCUT2D eigenvalue weighted by Crippen LogP contribution is -2.27. The van der Waals surface area contributed by atoms with E-state index < -0.39 is 0 Å². The standard InChI is InChI=1S/C11H20FN/c1-7(12)6-13(5)10(4)11-8(2)9(11)3/h6,8-11H,1-5H3/b7-6+. The van der Waals surface area contributed by atoms with Gasteiger partial charge in [0.2, 0.25) is 0 Å². The summed E-state index contributed by atoms with van der Waals surface area (Å²) in [4.78, 5) is 1.99. The topological polar surface area (TPSA) is 3.24 Å². The first kappa shape index (κ1) is 10.6. The van der Waals surface area contributed by atoms with Gasteiger partial charge in [0.25, 0.3) is 0 Å². The first-order valence-corrected chi connectivity index (χ1v) is 5.01. The van der Waals surface area contributed by atoms with Crippen LogP contribution < -0.4 is 0 Å². The minimum absolute atomic E-state index is 0.115. The number of rotatable bonds is 3. The van der Waals surface area contributed by atoms with Crippen molar-refractivity contribution < 1.29 is 4.39 Å². The molecule has 0 heterocycles. The van der Waals surface area contributed by atoms with Gasteiger partial charge >= 0.3 is 0 Å². The van der Waals surface area contributed by atoms with E-state index in [1.165, 1.54) is 6.92 Å². The predicted octanol–water partition coefficient (Wildman–Crippen LogP) is 3.04. The van der Waals surface area contributed by atoms with Crippen LogP contribution in [-0.4, -0.2) is 18.0 Å². The Bertz CT molecular complexity index is 200. The summed E-state index contributed by atoms with van der Waals surface area (Å²) in [6, 6.07) is 0.454. The summed E-state index contributed by atoms with van der Waals surface area (Å²) in [6.45, 7) is 8.20.